The number of carbonyl (C=O) groups is 1. The van der Waals surface area contributed by atoms with Crippen molar-refractivity contribution in [1.82, 2.24) is 14.9 Å². The summed E-state index contributed by atoms with van der Waals surface area (Å²) in [6, 6.07) is 19.0. The van der Waals surface area contributed by atoms with E-state index in [2.05, 4.69) is 10.3 Å². The van der Waals surface area contributed by atoms with E-state index < -0.39 is 10.0 Å². The zero-order valence-electron chi connectivity index (χ0n) is 22.1. The molecule has 0 radical (unpaired) electrons. The molecule has 0 aliphatic rings. The van der Waals surface area contributed by atoms with Crippen molar-refractivity contribution in [2.75, 3.05) is 26.5 Å². The third-order valence-electron chi connectivity index (χ3n) is 6.22. The molecule has 4 aromatic rings. The van der Waals surface area contributed by atoms with Gasteiger partial charge in [0.1, 0.15) is 0 Å². The largest absolute Gasteiger partial charge is 0.493 e. The molecule has 1 amide bonds. The van der Waals surface area contributed by atoms with Crippen LogP contribution < -0.4 is 25.5 Å². The summed E-state index contributed by atoms with van der Waals surface area (Å²) in [7, 11) is -0.600. The summed E-state index contributed by atoms with van der Waals surface area (Å²) in [5.74, 6) is 1.10. The van der Waals surface area contributed by atoms with Crippen LogP contribution in [0.4, 0.5) is 0 Å². The maximum absolute atomic E-state index is 13.4. The SMILES string of the molecule is COc1ccc(CCn2c(SCC(=O)NCCc3ccc(S(N)(=O)=O)cc3)nc3ccccc3c2=O)cc1OC. The molecule has 40 heavy (non-hydrogen) atoms. The van der Waals surface area contributed by atoms with Gasteiger partial charge in [-0.1, -0.05) is 42.1 Å². The van der Waals surface area contributed by atoms with Gasteiger partial charge in [0.25, 0.3) is 5.56 Å². The van der Waals surface area contributed by atoms with Crippen molar-refractivity contribution in [2.24, 2.45) is 5.14 Å². The van der Waals surface area contributed by atoms with Crippen LogP contribution in [0.3, 0.4) is 0 Å². The Kier molecular flexibility index (Phi) is 9.46. The number of benzene rings is 3. The first-order valence-corrected chi connectivity index (χ1v) is 14.9. The number of fused-ring (bicyclic) bond motifs is 1. The lowest BCUT2D eigenvalue weighted by atomic mass is 10.1. The molecule has 0 fully saturated rings. The van der Waals surface area contributed by atoms with Crippen molar-refractivity contribution in [3.8, 4) is 11.5 Å². The highest BCUT2D eigenvalue weighted by atomic mass is 32.2. The number of nitrogens with zero attached hydrogens (tertiary/aromatic N) is 2. The number of nitrogens with one attached hydrogen (secondary N) is 1. The lowest BCUT2D eigenvalue weighted by molar-refractivity contribution is -0.118. The van der Waals surface area contributed by atoms with E-state index >= 15 is 0 Å². The molecule has 0 spiro atoms. The van der Waals surface area contributed by atoms with Gasteiger partial charge in [0.15, 0.2) is 16.7 Å². The summed E-state index contributed by atoms with van der Waals surface area (Å²) in [4.78, 5) is 30.7. The highest BCUT2D eigenvalue weighted by Gasteiger charge is 2.14. The summed E-state index contributed by atoms with van der Waals surface area (Å²) in [6.07, 6.45) is 1.07. The predicted octanol–water partition coefficient (Wildman–Crippen LogP) is 2.75. The van der Waals surface area contributed by atoms with Gasteiger partial charge in [0, 0.05) is 13.1 Å². The van der Waals surface area contributed by atoms with Gasteiger partial charge in [-0.15, -0.1) is 0 Å². The second-order valence-electron chi connectivity index (χ2n) is 8.89. The summed E-state index contributed by atoms with van der Waals surface area (Å²) < 4.78 is 35.1. The maximum atomic E-state index is 13.4. The molecular formula is C28H30N4O6S2. The number of ether oxygens (including phenoxy) is 2. The van der Waals surface area contributed by atoms with Gasteiger partial charge in [0.05, 0.1) is 35.8 Å². The van der Waals surface area contributed by atoms with Gasteiger partial charge in [-0.3, -0.25) is 14.2 Å². The fourth-order valence-corrected chi connectivity index (χ4v) is 5.48. The smallest absolute Gasteiger partial charge is 0.262 e. The molecule has 10 nitrogen and oxygen atoms in total. The van der Waals surface area contributed by atoms with Crippen LogP contribution in [0.2, 0.25) is 0 Å². The number of aromatic nitrogens is 2. The van der Waals surface area contributed by atoms with E-state index in [-0.39, 0.29) is 22.1 Å². The summed E-state index contributed by atoms with van der Waals surface area (Å²) in [5.41, 5.74) is 2.22. The monoisotopic (exact) mass is 582 g/mol. The van der Waals surface area contributed by atoms with Gasteiger partial charge in [-0.25, -0.2) is 18.5 Å². The van der Waals surface area contributed by atoms with Crippen LogP contribution in [0, 0.1) is 0 Å². The van der Waals surface area contributed by atoms with E-state index in [4.69, 9.17) is 14.6 Å². The number of primary sulfonamides is 1. The standard InChI is InChI=1S/C28H30N4O6S2/c1-37-24-12-9-20(17-25(24)38-2)14-16-32-27(34)22-5-3-4-6-23(22)31-28(32)39-18-26(33)30-15-13-19-7-10-21(11-8-19)40(29,35)36/h3-12,17H,13-16,18H2,1-2H3,(H,30,33)(H2,29,35,36). The number of aryl methyl sites for hydroxylation is 1. The average Bonchev–Trinajstić information content (AvgIpc) is 2.95. The minimum Gasteiger partial charge on any atom is -0.493 e. The summed E-state index contributed by atoms with van der Waals surface area (Å²) in [6.45, 7) is 0.732. The van der Waals surface area contributed by atoms with Crippen molar-refractivity contribution in [2.45, 2.75) is 29.4 Å². The average molecular weight is 583 g/mol. The molecule has 0 aliphatic heterocycles. The first kappa shape index (κ1) is 29.1. The van der Waals surface area contributed by atoms with Crippen LogP contribution in [-0.2, 0) is 34.2 Å². The van der Waals surface area contributed by atoms with Crippen LogP contribution >= 0.6 is 11.8 Å². The van der Waals surface area contributed by atoms with Crippen LogP contribution in [0.25, 0.3) is 10.9 Å². The Labute approximate surface area is 236 Å². The fourth-order valence-electron chi connectivity index (χ4n) is 4.11. The number of rotatable bonds is 12. The van der Waals surface area contributed by atoms with Gasteiger partial charge in [0.2, 0.25) is 15.9 Å². The number of hydrogen-bond donors (Lipinski definition) is 2. The number of amides is 1. The topological polar surface area (TPSA) is 143 Å². The van der Waals surface area contributed by atoms with Crippen LogP contribution in [0.15, 0.2) is 81.6 Å². The highest BCUT2D eigenvalue weighted by Crippen LogP contribution is 2.28. The lowest BCUT2D eigenvalue weighted by Crippen LogP contribution is -2.28. The molecule has 0 saturated heterocycles. The van der Waals surface area contributed by atoms with Gasteiger partial charge < -0.3 is 14.8 Å². The molecule has 0 aliphatic carbocycles. The lowest BCUT2D eigenvalue weighted by Gasteiger charge is -2.14. The van der Waals surface area contributed by atoms with E-state index in [9.17, 15) is 18.0 Å². The normalized spacial score (nSPS) is 11.4. The maximum Gasteiger partial charge on any atom is 0.262 e. The van der Waals surface area contributed by atoms with E-state index in [0.717, 1.165) is 11.1 Å². The minimum absolute atomic E-state index is 0.0387. The van der Waals surface area contributed by atoms with E-state index in [1.807, 2.05) is 24.3 Å². The van der Waals surface area contributed by atoms with E-state index in [1.165, 1.54) is 23.9 Å². The van der Waals surface area contributed by atoms with Crippen molar-refractivity contribution in [1.29, 1.82) is 0 Å². The molecular weight excluding hydrogens is 552 g/mol. The second-order valence-corrected chi connectivity index (χ2v) is 11.4. The van der Waals surface area contributed by atoms with Crippen molar-refractivity contribution >= 4 is 38.6 Å². The van der Waals surface area contributed by atoms with Crippen LogP contribution in [0.5, 0.6) is 11.5 Å². The van der Waals surface area contributed by atoms with E-state index in [0.29, 0.717) is 53.5 Å². The molecule has 1 heterocycles. The summed E-state index contributed by atoms with van der Waals surface area (Å²) >= 11 is 1.20. The first-order valence-electron chi connectivity index (χ1n) is 12.4. The van der Waals surface area contributed by atoms with Crippen molar-refractivity contribution in [3.05, 3.63) is 88.2 Å². The Morgan fingerprint density at radius 2 is 1.68 bits per heavy atom. The van der Waals surface area contributed by atoms with Crippen LogP contribution in [0.1, 0.15) is 11.1 Å². The molecule has 0 unspecified atom stereocenters. The zero-order valence-corrected chi connectivity index (χ0v) is 23.8. The number of sulfonamides is 1. The summed E-state index contributed by atoms with van der Waals surface area (Å²) in [5, 5.41) is 8.95. The number of para-hydroxylation sites is 1. The molecule has 1 aromatic heterocycles. The third-order valence-corrected chi connectivity index (χ3v) is 8.12. The highest BCUT2D eigenvalue weighted by molar-refractivity contribution is 7.99. The Balaban J connectivity index is 1.43. The Morgan fingerprint density at radius 3 is 2.38 bits per heavy atom. The number of methoxy groups -OCH3 is 2. The quantitative estimate of drug-likeness (QED) is 0.192. The molecule has 0 bridgehead atoms. The van der Waals surface area contributed by atoms with E-state index in [1.54, 1.807) is 49.1 Å². The first-order chi connectivity index (χ1) is 19.2. The molecule has 0 atom stereocenters. The zero-order chi connectivity index (χ0) is 28.7. The Hall–Kier alpha value is -3.87. The number of hydrogen-bond acceptors (Lipinski definition) is 8. The minimum atomic E-state index is -3.75. The van der Waals surface area contributed by atoms with Gasteiger partial charge >= 0.3 is 0 Å². The van der Waals surface area contributed by atoms with Crippen LogP contribution in [-0.4, -0.2) is 50.4 Å². The number of carbonyl (C=O) groups excluding carboxylic acids is 1. The van der Waals surface area contributed by atoms with Crippen molar-refractivity contribution in [3.63, 3.8) is 0 Å². The molecule has 210 valence electrons. The molecule has 4 rings (SSSR count). The number of nitrogens with two attached hydrogens (primary N) is 1. The Bertz CT molecular complexity index is 1670. The van der Waals surface area contributed by atoms with Gasteiger partial charge in [-0.05, 0) is 60.4 Å². The second kappa shape index (κ2) is 13.0. The van der Waals surface area contributed by atoms with Crippen molar-refractivity contribution < 1.29 is 22.7 Å². The molecule has 3 N–H and O–H groups in total. The fraction of sp³-hybridized carbons (Fsp3) is 0.250. The third kappa shape index (κ3) is 7.20. The number of thioether (sulfide) groups is 1. The molecule has 12 heteroatoms. The molecule has 3 aromatic carbocycles. The Morgan fingerprint density at radius 1 is 0.975 bits per heavy atom. The van der Waals surface area contributed by atoms with Gasteiger partial charge in [-0.2, -0.15) is 0 Å². The molecule has 0 saturated carbocycles. The predicted molar refractivity (Wildman–Crippen MR) is 155 cm³/mol.